The van der Waals surface area contributed by atoms with Crippen LogP contribution in [0.4, 0.5) is 0 Å². The average Bonchev–Trinajstić information content (AvgIpc) is 2.41. The monoisotopic (exact) mass is 284 g/mol. The predicted molar refractivity (Wildman–Crippen MR) is 73.3 cm³/mol. The molecular weight excluding hydrogens is 268 g/mol. The Kier molecular flexibility index (Phi) is 6.92. The Bertz CT molecular complexity index is 420. The van der Waals surface area contributed by atoms with Crippen LogP contribution in [0, 0.1) is 0 Å². The van der Waals surface area contributed by atoms with E-state index in [0.717, 1.165) is 0 Å². The summed E-state index contributed by atoms with van der Waals surface area (Å²) in [4.78, 5) is 22.9. The second-order valence-corrected chi connectivity index (χ2v) is 4.29. The van der Waals surface area contributed by atoms with Crippen molar-refractivity contribution >= 4 is 23.4 Å². The Labute approximate surface area is 117 Å². The summed E-state index contributed by atoms with van der Waals surface area (Å²) in [6.45, 7) is 1.16. The minimum absolute atomic E-state index is 0.0948. The topological polar surface area (TPSA) is 67.4 Å². The van der Waals surface area contributed by atoms with Gasteiger partial charge < -0.3 is 15.4 Å². The van der Waals surface area contributed by atoms with E-state index < -0.39 is 0 Å². The van der Waals surface area contributed by atoms with Gasteiger partial charge in [-0.2, -0.15) is 0 Å². The Balaban J connectivity index is 2.20. The highest BCUT2D eigenvalue weighted by Gasteiger charge is 2.04. The maximum Gasteiger partial charge on any atom is 0.251 e. The molecule has 0 spiro atoms. The van der Waals surface area contributed by atoms with Crippen molar-refractivity contribution in [2.75, 3.05) is 26.8 Å². The first-order valence-electron chi connectivity index (χ1n) is 5.93. The van der Waals surface area contributed by atoms with Crippen LogP contribution in [0.25, 0.3) is 0 Å². The van der Waals surface area contributed by atoms with Crippen molar-refractivity contribution in [3.05, 3.63) is 34.9 Å². The molecular formula is C13H17ClN2O3. The van der Waals surface area contributed by atoms with Gasteiger partial charge in [-0.25, -0.2) is 0 Å². The van der Waals surface area contributed by atoms with Crippen LogP contribution in [0.5, 0.6) is 0 Å². The smallest absolute Gasteiger partial charge is 0.251 e. The maximum atomic E-state index is 11.7. The van der Waals surface area contributed by atoms with Crippen LogP contribution in [0.15, 0.2) is 24.3 Å². The van der Waals surface area contributed by atoms with Gasteiger partial charge in [0.1, 0.15) is 0 Å². The highest BCUT2D eigenvalue weighted by Crippen LogP contribution is 2.08. The molecule has 0 fully saturated rings. The van der Waals surface area contributed by atoms with Crippen LogP contribution in [-0.4, -0.2) is 38.6 Å². The standard InChI is InChI=1S/C13H17ClN2O3/c1-19-9-6-12(17)15-7-8-16-13(18)10-2-4-11(14)5-3-10/h2-5H,6-9H2,1H3,(H,15,17)(H,16,18). The van der Waals surface area contributed by atoms with Gasteiger partial charge in [0.25, 0.3) is 5.91 Å². The minimum Gasteiger partial charge on any atom is -0.384 e. The molecule has 0 heterocycles. The van der Waals surface area contributed by atoms with Gasteiger partial charge in [0.05, 0.1) is 6.61 Å². The van der Waals surface area contributed by atoms with Gasteiger partial charge in [-0.3, -0.25) is 9.59 Å². The van der Waals surface area contributed by atoms with Crippen molar-refractivity contribution in [2.24, 2.45) is 0 Å². The van der Waals surface area contributed by atoms with E-state index in [9.17, 15) is 9.59 Å². The number of rotatable bonds is 7. The third-order valence-electron chi connectivity index (χ3n) is 2.37. The summed E-state index contributed by atoms with van der Waals surface area (Å²) in [6.07, 6.45) is 0.321. The fourth-order valence-electron chi connectivity index (χ4n) is 1.36. The highest BCUT2D eigenvalue weighted by molar-refractivity contribution is 6.30. The molecule has 5 nitrogen and oxygen atoms in total. The van der Waals surface area contributed by atoms with E-state index in [1.165, 1.54) is 0 Å². The molecule has 19 heavy (non-hydrogen) atoms. The van der Waals surface area contributed by atoms with Gasteiger partial charge in [0.2, 0.25) is 5.91 Å². The van der Waals surface area contributed by atoms with Crippen LogP contribution < -0.4 is 10.6 Å². The molecule has 0 atom stereocenters. The van der Waals surface area contributed by atoms with Crippen molar-refractivity contribution in [1.82, 2.24) is 10.6 Å². The zero-order valence-corrected chi connectivity index (χ0v) is 11.5. The highest BCUT2D eigenvalue weighted by atomic mass is 35.5. The normalized spacial score (nSPS) is 10.0. The number of halogens is 1. The second kappa shape index (κ2) is 8.50. The summed E-state index contributed by atoms with van der Waals surface area (Å²) in [6, 6.07) is 6.61. The van der Waals surface area contributed by atoms with E-state index in [1.807, 2.05) is 0 Å². The average molecular weight is 285 g/mol. The van der Waals surface area contributed by atoms with Gasteiger partial charge in [-0.1, -0.05) is 11.6 Å². The van der Waals surface area contributed by atoms with Crippen molar-refractivity contribution in [3.63, 3.8) is 0 Å². The number of hydrogen-bond acceptors (Lipinski definition) is 3. The number of ether oxygens (including phenoxy) is 1. The number of benzene rings is 1. The third kappa shape index (κ3) is 6.22. The maximum absolute atomic E-state index is 11.7. The van der Waals surface area contributed by atoms with Gasteiger partial charge in [0, 0.05) is 37.2 Å². The molecule has 0 saturated carbocycles. The number of amides is 2. The molecule has 0 aliphatic rings. The van der Waals surface area contributed by atoms with Crippen molar-refractivity contribution < 1.29 is 14.3 Å². The van der Waals surface area contributed by atoms with Gasteiger partial charge in [0.15, 0.2) is 0 Å². The Hall–Kier alpha value is -1.59. The lowest BCUT2D eigenvalue weighted by molar-refractivity contribution is -0.121. The van der Waals surface area contributed by atoms with Crippen molar-refractivity contribution in [1.29, 1.82) is 0 Å². The quantitative estimate of drug-likeness (QED) is 0.740. The molecule has 6 heteroatoms. The minimum atomic E-state index is -0.192. The van der Waals surface area contributed by atoms with Crippen molar-refractivity contribution in [2.45, 2.75) is 6.42 Å². The largest absolute Gasteiger partial charge is 0.384 e. The van der Waals surface area contributed by atoms with Crippen molar-refractivity contribution in [3.8, 4) is 0 Å². The first-order chi connectivity index (χ1) is 9.13. The van der Waals surface area contributed by atoms with Crippen LogP contribution in [0.3, 0.4) is 0 Å². The number of hydrogen-bond donors (Lipinski definition) is 2. The van der Waals surface area contributed by atoms with E-state index in [-0.39, 0.29) is 11.8 Å². The summed E-state index contributed by atoms with van der Waals surface area (Å²) in [5.41, 5.74) is 0.537. The lowest BCUT2D eigenvalue weighted by Crippen LogP contribution is -2.34. The molecule has 104 valence electrons. The summed E-state index contributed by atoms with van der Waals surface area (Å²) in [5.74, 6) is -0.287. The van der Waals surface area contributed by atoms with Crippen LogP contribution >= 0.6 is 11.6 Å². The third-order valence-corrected chi connectivity index (χ3v) is 2.62. The van der Waals surface area contributed by atoms with E-state index in [2.05, 4.69) is 10.6 Å². The molecule has 0 radical (unpaired) electrons. The van der Waals surface area contributed by atoms with E-state index in [1.54, 1.807) is 31.4 Å². The molecule has 1 aromatic carbocycles. The van der Waals surface area contributed by atoms with E-state index in [4.69, 9.17) is 16.3 Å². The molecule has 0 unspecified atom stereocenters. The van der Waals surface area contributed by atoms with Crippen LogP contribution in [0.2, 0.25) is 5.02 Å². The number of carbonyl (C=O) groups excluding carboxylic acids is 2. The van der Waals surface area contributed by atoms with Gasteiger partial charge >= 0.3 is 0 Å². The summed E-state index contributed by atoms with van der Waals surface area (Å²) < 4.78 is 4.78. The van der Waals surface area contributed by atoms with Gasteiger partial charge in [-0.15, -0.1) is 0 Å². The van der Waals surface area contributed by atoms with E-state index >= 15 is 0 Å². The fraction of sp³-hybridized carbons (Fsp3) is 0.385. The number of carbonyl (C=O) groups is 2. The predicted octanol–water partition coefficient (Wildman–Crippen LogP) is 1.22. The SMILES string of the molecule is COCCC(=O)NCCNC(=O)c1ccc(Cl)cc1. The molecule has 1 aromatic rings. The Morgan fingerprint density at radius 3 is 2.42 bits per heavy atom. The molecule has 1 rings (SSSR count). The summed E-state index contributed by atoms with van der Waals surface area (Å²) >= 11 is 5.73. The first-order valence-corrected chi connectivity index (χ1v) is 6.30. The summed E-state index contributed by atoms with van der Waals surface area (Å²) in [7, 11) is 1.54. The molecule has 0 aliphatic carbocycles. The zero-order valence-electron chi connectivity index (χ0n) is 10.7. The summed E-state index contributed by atoms with van der Waals surface area (Å²) in [5, 5.41) is 5.97. The number of nitrogens with one attached hydrogen (secondary N) is 2. The molecule has 0 aliphatic heterocycles. The molecule has 0 saturated heterocycles. The number of methoxy groups -OCH3 is 1. The zero-order chi connectivity index (χ0) is 14.1. The lowest BCUT2D eigenvalue weighted by atomic mass is 10.2. The Morgan fingerprint density at radius 2 is 1.79 bits per heavy atom. The van der Waals surface area contributed by atoms with Gasteiger partial charge in [-0.05, 0) is 24.3 Å². The molecule has 0 bridgehead atoms. The Morgan fingerprint density at radius 1 is 1.16 bits per heavy atom. The molecule has 2 N–H and O–H groups in total. The lowest BCUT2D eigenvalue weighted by Gasteiger charge is -2.07. The molecule has 2 amide bonds. The molecule has 0 aromatic heterocycles. The van der Waals surface area contributed by atoms with Crippen LogP contribution in [0.1, 0.15) is 16.8 Å². The fourth-order valence-corrected chi connectivity index (χ4v) is 1.49. The second-order valence-electron chi connectivity index (χ2n) is 3.86. The van der Waals surface area contributed by atoms with Crippen LogP contribution in [-0.2, 0) is 9.53 Å². The van der Waals surface area contributed by atoms with E-state index in [0.29, 0.717) is 36.7 Å². The first kappa shape index (κ1) is 15.5.